The molecule has 122 valence electrons. The van der Waals surface area contributed by atoms with Crippen molar-refractivity contribution in [3.63, 3.8) is 0 Å². The monoisotopic (exact) mass is 295 g/mol. The van der Waals surface area contributed by atoms with Crippen molar-refractivity contribution in [3.05, 3.63) is 0 Å². The van der Waals surface area contributed by atoms with Gasteiger partial charge in [-0.1, -0.05) is 13.8 Å². The maximum absolute atomic E-state index is 12.7. The molecule has 4 nitrogen and oxygen atoms in total. The van der Waals surface area contributed by atoms with Gasteiger partial charge < -0.3 is 9.80 Å². The van der Waals surface area contributed by atoms with Crippen LogP contribution in [0.1, 0.15) is 41.0 Å². The highest BCUT2D eigenvalue weighted by Crippen LogP contribution is 2.22. The Morgan fingerprint density at radius 1 is 1.10 bits per heavy atom. The molecule has 2 saturated heterocycles. The third-order valence-electron chi connectivity index (χ3n) is 4.98. The van der Waals surface area contributed by atoms with Crippen LogP contribution in [-0.4, -0.2) is 72.0 Å². The van der Waals surface area contributed by atoms with Crippen molar-refractivity contribution in [2.45, 2.75) is 53.1 Å². The minimum atomic E-state index is 0.233. The number of carbonyl (C=O) groups is 1. The van der Waals surface area contributed by atoms with Gasteiger partial charge in [-0.25, -0.2) is 0 Å². The molecule has 0 radical (unpaired) electrons. The van der Waals surface area contributed by atoms with E-state index in [-0.39, 0.29) is 5.92 Å². The second kappa shape index (κ2) is 7.10. The van der Waals surface area contributed by atoms with E-state index in [0.717, 1.165) is 45.7 Å². The van der Waals surface area contributed by atoms with E-state index in [0.29, 0.717) is 23.9 Å². The molecule has 0 aromatic rings. The molecule has 4 heteroatoms. The highest BCUT2D eigenvalue weighted by molar-refractivity contribution is 5.79. The van der Waals surface area contributed by atoms with Gasteiger partial charge in [0.2, 0.25) is 5.91 Å². The van der Waals surface area contributed by atoms with Gasteiger partial charge in [-0.05, 0) is 39.7 Å². The Labute approximate surface area is 130 Å². The number of amides is 1. The summed E-state index contributed by atoms with van der Waals surface area (Å²) in [6.07, 6.45) is 1.04. The van der Waals surface area contributed by atoms with E-state index >= 15 is 0 Å². The summed E-state index contributed by atoms with van der Waals surface area (Å²) in [5, 5.41) is 0. The Morgan fingerprint density at radius 3 is 2.33 bits per heavy atom. The molecule has 2 atom stereocenters. The third kappa shape index (κ3) is 4.19. The summed E-state index contributed by atoms with van der Waals surface area (Å²) in [5.41, 5.74) is 0. The van der Waals surface area contributed by atoms with Crippen LogP contribution in [0.15, 0.2) is 0 Å². The predicted molar refractivity (Wildman–Crippen MR) is 87.3 cm³/mol. The lowest BCUT2D eigenvalue weighted by molar-refractivity contribution is -0.138. The van der Waals surface area contributed by atoms with Gasteiger partial charge in [0.05, 0.1) is 5.92 Å². The van der Waals surface area contributed by atoms with Gasteiger partial charge in [0.1, 0.15) is 0 Å². The Balaban J connectivity index is 1.85. The van der Waals surface area contributed by atoms with Crippen molar-refractivity contribution < 1.29 is 4.79 Å². The fourth-order valence-electron chi connectivity index (χ4n) is 3.65. The molecule has 2 aliphatic heterocycles. The number of nitrogens with zero attached hydrogens (tertiary/aromatic N) is 3. The lowest BCUT2D eigenvalue weighted by Gasteiger charge is -2.41. The number of hydrogen-bond donors (Lipinski definition) is 0. The summed E-state index contributed by atoms with van der Waals surface area (Å²) in [4.78, 5) is 19.8. The molecule has 0 aliphatic carbocycles. The fraction of sp³-hybridized carbons (Fsp3) is 0.941. The number of piperazine rings is 1. The SMILES string of the molecule is CC(C)CN1CCN(C(=O)[C@@H]2CCN(C(C)C)C2)C[C@H]1C. The van der Waals surface area contributed by atoms with E-state index in [1.807, 2.05) is 0 Å². The molecule has 0 unspecified atom stereocenters. The van der Waals surface area contributed by atoms with Crippen LogP contribution in [0.3, 0.4) is 0 Å². The van der Waals surface area contributed by atoms with Crippen LogP contribution >= 0.6 is 0 Å². The van der Waals surface area contributed by atoms with Gasteiger partial charge >= 0.3 is 0 Å². The molecule has 0 aromatic heterocycles. The average molecular weight is 295 g/mol. The second-order valence-electron chi connectivity index (χ2n) is 7.60. The number of rotatable bonds is 4. The Hall–Kier alpha value is -0.610. The first-order chi connectivity index (χ1) is 9.88. The van der Waals surface area contributed by atoms with Crippen LogP contribution in [-0.2, 0) is 4.79 Å². The molecule has 2 rings (SSSR count). The summed E-state index contributed by atoms with van der Waals surface area (Å²) in [5.74, 6) is 1.33. The first-order valence-corrected chi connectivity index (χ1v) is 8.65. The predicted octanol–water partition coefficient (Wildman–Crippen LogP) is 1.91. The van der Waals surface area contributed by atoms with Crippen molar-refractivity contribution in [2.75, 3.05) is 39.3 Å². The van der Waals surface area contributed by atoms with E-state index in [9.17, 15) is 4.79 Å². The number of likely N-dealkylation sites (tertiary alicyclic amines) is 1. The third-order valence-corrected chi connectivity index (χ3v) is 4.98. The molecule has 2 heterocycles. The van der Waals surface area contributed by atoms with Crippen LogP contribution in [0.25, 0.3) is 0 Å². The molecule has 0 bridgehead atoms. The van der Waals surface area contributed by atoms with Crippen LogP contribution in [0, 0.1) is 11.8 Å². The summed E-state index contributed by atoms with van der Waals surface area (Å²) in [7, 11) is 0. The van der Waals surface area contributed by atoms with Gasteiger partial charge in [-0.15, -0.1) is 0 Å². The zero-order chi connectivity index (χ0) is 15.6. The van der Waals surface area contributed by atoms with Crippen molar-refractivity contribution in [3.8, 4) is 0 Å². The quantitative estimate of drug-likeness (QED) is 0.792. The summed E-state index contributed by atoms with van der Waals surface area (Å²) < 4.78 is 0. The molecular weight excluding hydrogens is 262 g/mol. The van der Waals surface area contributed by atoms with E-state index in [1.54, 1.807) is 0 Å². The number of hydrogen-bond acceptors (Lipinski definition) is 3. The Bertz CT molecular complexity index is 356. The van der Waals surface area contributed by atoms with E-state index in [2.05, 4.69) is 49.3 Å². The van der Waals surface area contributed by atoms with Crippen molar-refractivity contribution >= 4 is 5.91 Å². The van der Waals surface area contributed by atoms with Crippen LogP contribution in [0.4, 0.5) is 0 Å². The lowest BCUT2D eigenvalue weighted by atomic mass is 10.0. The van der Waals surface area contributed by atoms with Gasteiger partial charge in [-0.2, -0.15) is 0 Å². The first kappa shape index (κ1) is 16.8. The van der Waals surface area contributed by atoms with Crippen molar-refractivity contribution in [1.82, 2.24) is 14.7 Å². The molecule has 1 amide bonds. The van der Waals surface area contributed by atoms with Crippen LogP contribution in [0.5, 0.6) is 0 Å². The zero-order valence-electron chi connectivity index (χ0n) is 14.5. The van der Waals surface area contributed by atoms with Crippen LogP contribution < -0.4 is 0 Å². The van der Waals surface area contributed by atoms with Gasteiger partial charge in [-0.3, -0.25) is 9.69 Å². The average Bonchev–Trinajstić information content (AvgIpc) is 2.89. The minimum absolute atomic E-state index is 0.233. The normalized spacial score (nSPS) is 28.8. The smallest absolute Gasteiger partial charge is 0.227 e. The maximum atomic E-state index is 12.7. The van der Waals surface area contributed by atoms with Crippen molar-refractivity contribution in [1.29, 1.82) is 0 Å². The first-order valence-electron chi connectivity index (χ1n) is 8.65. The molecule has 2 fully saturated rings. The highest BCUT2D eigenvalue weighted by atomic mass is 16.2. The lowest BCUT2D eigenvalue weighted by Crippen LogP contribution is -2.55. The van der Waals surface area contributed by atoms with E-state index < -0.39 is 0 Å². The molecule has 21 heavy (non-hydrogen) atoms. The van der Waals surface area contributed by atoms with Gasteiger partial charge in [0.15, 0.2) is 0 Å². The van der Waals surface area contributed by atoms with Crippen molar-refractivity contribution in [2.24, 2.45) is 11.8 Å². The molecule has 0 saturated carbocycles. The Kier molecular flexibility index (Phi) is 5.67. The molecule has 0 spiro atoms. The van der Waals surface area contributed by atoms with E-state index in [4.69, 9.17) is 0 Å². The van der Waals surface area contributed by atoms with E-state index in [1.165, 1.54) is 0 Å². The molecular formula is C17H33N3O. The standard InChI is InChI=1S/C17H33N3O/c1-13(2)10-19-8-9-20(11-15(19)5)17(21)16-6-7-18(12-16)14(3)4/h13-16H,6-12H2,1-5H3/t15-,16-/m1/s1. The summed E-state index contributed by atoms with van der Waals surface area (Å²) >= 11 is 0. The van der Waals surface area contributed by atoms with Crippen LogP contribution in [0.2, 0.25) is 0 Å². The summed E-state index contributed by atoms with van der Waals surface area (Å²) in [6, 6.07) is 1.05. The Morgan fingerprint density at radius 2 is 1.81 bits per heavy atom. The van der Waals surface area contributed by atoms with Gasteiger partial charge in [0.25, 0.3) is 0 Å². The summed E-state index contributed by atoms with van der Waals surface area (Å²) in [6.45, 7) is 17.3. The highest BCUT2D eigenvalue weighted by Gasteiger charge is 2.35. The minimum Gasteiger partial charge on any atom is -0.340 e. The van der Waals surface area contributed by atoms with Gasteiger partial charge in [0, 0.05) is 44.8 Å². The maximum Gasteiger partial charge on any atom is 0.227 e. The molecule has 0 N–H and O–H groups in total. The molecule has 2 aliphatic rings. The topological polar surface area (TPSA) is 26.8 Å². The largest absolute Gasteiger partial charge is 0.340 e. The number of carbonyl (C=O) groups excluding carboxylic acids is 1. The zero-order valence-corrected chi connectivity index (χ0v) is 14.5. The second-order valence-corrected chi connectivity index (χ2v) is 7.60. The fourth-order valence-corrected chi connectivity index (χ4v) is 3.65. The molecule has 0 aromatic carbocycles.